The predicted molar refractivity (Wildman–Crippen MR) is 88.9 cm³/mol. The molecule has 7 nitrogen and oxygen atoms in total. The van der Waals surface area contributed by atoms with E-state index in [1.807, 2.05) is 13.8 Å². The van der Waals surface area contributed by atoms with Gasteiger partial charge in [0.2, 0.25) is 0 Å². The minimum absolute atomic E-state index is 0.00670. The molecular weight excluding hydrogens is 350 g/mol. The Kier molecular flexibility index (Phi) is 9.04. The van der Waals surface area contributed by atoms with Crippen molar-refractivity contribution in [2.24, 2.45) is 0 Å². The quantitative estimate of drug-likeness (QED) is 0.612. The zero-order valence-corrected chi connectivity index (χ0v) is 14.6. The highest BCUT2D eigenvalue weighted by atomic mass is 19.3. The molecule has 1 rings (SSSR count). The van der Waals surface area contributed by atoms with Crippen LogP contribution >= 0.6 is 0 Å². The number of benzene rings is 1. The van der Waals surface area contributed by atoms with Crippen molar-refractivity contribution >= 4 is 17.8 Å². The van der Waals surface area contributed by atoms with Gasteiger partial charge in [-0.1, -0.05) is 26.0 Å². The maximum atomic E-state index is 12.3. The zero-order valence-electron chi connectivity index (χ0n) is 14.6. The van der Waals surface area contributed by atoms with Gasteiger partial charge in [-0.25, -0.2) is 0 Å². The molecule has 26 heavy (non-hydrogen) atoms. The third-order valence-electron chi connectivity index (χ3n) is 3.46. The van der Waals surface area contributed by atoms with E-state index in [-0.39, 0.29) is 17.4 Å². The van der Waals surface area contributed by atoms with E-state index in [9.17, 15) is 23.2 Å². The number of hydrogen-bond donors (Lipinski definition) is 2. The maximum Gasteiger partial charge on any atom is 0.387 e. The van der Waals surface area contributed by atoms with E-state index in [4.69, 9.17) is 4.74 Å². The molecule has 0 heterocycles. The first-order chi connectivity index (χ1) is 12.4. The number of carbonyl (C=O) groups excluding carboxylic acids is 3. The molecule has 0 unspecified atom stereocenters. The lowest BCUT2D eigenvalue weighted by atomic mass is 10.2. The van der Waals surface area contributed by atoms with Gasteiger partial charge in [-0.05, 0) is 25.0 Å². The second-order valence-electron chi connectivity index (χ2n) is 5.30. The number of halogens is 2. The number of hydrogen-bond acceptors (Lipinski definition) is 5. The minimum Gasteiger partial charge on any atom is -0.454 e. The lowest BCUT2D eigenvalue weighted by molar-refractivity contribution is -0.147. The fraction of sp³-hybridized carbons (Fsp3) is 0.471. The van der Waals surface area contributed by atoms with Crippen LogP contribution in [0, 0.1) is 0 Å². The van der Waals surface area contributed by atoms with Crippen molar-refractivity contribution in [2.75, 3.05) is 13.2 Å². The summed E-state index contributed by atoms with van der Waals surface area (Å²) in [6.07, 6.45) is 1.51. The molecule has 2 N–H and O–H groups in total. The first-order valence-corrected chi connectivity index (χ1v) is 8.14. The minimum atomic E-state index is -3.08. The van der Waals surface area contributed by atoms with Gasteiger partial charge in [0.25, 0.3) is 11.8 Å². The number of nitrogens with one attached hydrogen (secondary N) is 2. The van der Waals surface area contributed by atoms with Crippen LogP contribution in [-0.2, 0) is 14.3 Å². The Morgan fingerprint density at radius 1 is 1.12 bits per heavy atom. The highest BCUT2D eigenvalue weighted by molar-refractivity contribution is 5.98. The Morgan fingerprint density at radius 3 is 2.38 bits per heavy atom. The second kappa shape index (κ2) is 11.0. The Bertz CT molecular complexity index is 621. The highest BCUT2D eigenvalue weighted by Gasteiger charge is 2.17. The van der Waals surface area contributed by atoms with Gasteiger partial charge < -0.3 is 20.1 Å². The molecule has 1 aromatic rings. The van der Waals surface area contributed by atoms with Gasteiger partial charge in [0, 0.05) is 6.04 Å². The van der Waals surface area contributed by atoms with Crippen molar-refractivity contribution in [3.8, 4) is 5.75 Å². The number of ether oxygens (including phenoxy) is 2. The summed E-state index contributed by atoms with van der Waals surface area (Å²) in [5.41, 5.74) is -0.146. The molecule has 0 saturated heterocycles. The van der Waals surface area contributed by atoms with E-state index in [0.29, 0.717) is 0 Å². The van der Waals surface area contributed by atoms with Crippen molar-refractivity contribution in [1.82, 2.24) is 10.6 Å². The topological polar surface area (TPSA) is 93.7 Å². The number of carbonyl (C=O) groups is 3. The summed E-state index contributed by atoms with van der Waals surface area (Å²) in [4.78, 5) is 35.2. The van der Waals surface area contributed by atoms with Crippen LogP contribution in [0.15, 0.2) is 24.3 Å². The first kappa shape index (κ1) is 21.3. The molecule has 0 saturated carbocycles. The molecule has 0 atom stereocenters. The molecule has 1 aromatic carbocycles. The van der Waals surface area contributed by atoms with Crippen LogP contribution in [0.4, 0.5) is 8.78 Å². The first-order valence-electron chi connectivity index (χ1n) is 8.14. The maximum absolute atomic E-state index is 12.3. The summed E-state index contributed by atoms with van der Waals surface area (Å²) in [6.45, 7) is -0.212. The summed E-state index contributed by atoms with van der Waals surface area (Å²) in [5.74, 6) is -2.35. The highest BCUT2D eigenvalue weighted by Crippen LogP contribution is 2.19. The predicted octanol–water partition coefficient (Wildman–Crippen LogP) is 1.87. The van der Waals surface area contributed by atoms with Crippen LogP contribution < -0.4 is 15.4 Å². The molecule has 0 aliphatic heterocycles. The summed E-state index contributed by atoms with van der Waals surface area (Å²) in [5, 5.41) is 4.93. The summed E-state index contributed by atoms with van der Waals surface area (Å²) >= 11 is 0. The van der Waals surface area contributed by atoms with E-state index >= 15 is 0 Å². The van der Waals surface area contributed by atoms with Gasteiger partial charge in [0.1, 0.15) is 12.3 Å². The number of alkyl halides is 2. The van der Waals surface area contributed by atoms with E-state index in [0.717, 1.165) is 12.8 Å². The van der Waals surface area contributed by atoms with Crippen LogP contribution in [0.1, 0.15) is 37.0 Å². The molecule has 0 aliphatic rings. The van der Waals surface area contributed by atoms with Gasteiger partial charge >= 0.3 is 12.6 Å². The molecule has 0 aliphatic carbocycles. The number of amides is 2. The number of esters is 1. The van der Waals surface area contributed by atoms with Gasteiger partial charge in [0.05, 0.1) is 5.56 Å². The van der Waals surface area contributed by atoms with Crippen LogP contribution in [0.3, 0.4) is 0 Å². The lowest BCUT2D eigenvalue weighted by Crippen LogP contribution is -2.38. The largest absolute Gasteiger partial charge is 0.454 e. The third-order valence-corrected chi connectivity index (χ3v) is 3.46. The molecule has 144 valence electrons. The molecule has 9 heteroatoms. The van der Waals surface area contributed by atoms with E-state index < -0.39 is 37.5 Å². The molecule has 0 radical (unpaired) electrons. The number of rotatable bonds is 10. The Balaban J connectivity index is 2.45. The summed E-state index contributed by atoms with van der Waals surface area (Å²) in [6, 6.07) is 5.39. The molecule has 0 fully saturated rings. The average Bonchev–Trinajstić information content (AvgIpc) is 2.62. The van der Waals surface area contributed by atoms with Crippen LogP contribution in [-0.4, -0.2) is 43.6 Å². The smallest absolute Gasteiger partial charge is 0.387 e. The third kappa shape index (κ3) is 7.45. The van der Waals surface area contributed by atoms with E-state index in [1.54, 1.807) is 0 Å². The second-order valence-corrected chi connectivity index (χ2v) is 5.30. The van der Waals surface area contributed by atoms with Crippen LogP contribution in [0.5, 0.6) is 5.75 Å². The Labute approximate surface area is 150 Å². The molecule has 0 bridgehead atoms. The SMILES string of the molecule is CCC(CC)NC(=O)COC(=O)CNC(=O)c1ccccc1OC(F)F. The monoisotopic (exact) mass is 372 g/mol. The van der Waals surface area contributed by atoms with E-state index in [2.05, 4.69) is 15.4 Å². The summed E-state index contributed by atoms with van der Waals surface area (Å²) < 4.78 is 33.7. The Morgan fingerprint density at radius 2 is 1.77 bits per heavy atom. The molecule has 0 aromatic heterocycles. The van der Waals surface area contributed by atoms with Crippen molar-refractivity contribution in [3.63, 3.8) is 0 Å². The number of para-hydroxylation sites is 1. The van der Waals surface area contributed by atoms with Crippen LogP contribution in [0.25, 0.3) is 0 Å². The van der Waals surface area contributed by atoms with Gasteiger partial charge in [-0.2, -0.15) is 8.78 Å². The average molecular weight is 372 g/mol. The Hall–Kier alpha value is -2.71. The van der Waals surface area contributed by atoms with Crippen LogP contribution in [0.2, 0.25) is 0 Å². The lowest BCUT2D eigenvalue weighted by Gasteiger charge is -2.14. The molecule has 0 spiro atoms. The normalized spacial score (nSPS) is 10.5. The molecular formula is C17H22F2N2O5. The van der Waals surface area contributed by atoms with E-state index in [1.165, 1.54) is 24.3 Å². The fourth-order valence-electron chi connectivity index (χ4n) is 2.06. The fourth-order valence-corrected chi connectivity index (χ4v) is 2.06. The van der Waals surface area contributed by atoms with Crippen molar-refractivity contribution in [2.45, 2.75) is 39.3 Å². The van der Waals surface area contributed by atoms with Gasteiger partial charge in [0.15, 0.2) is 6.61 Å². The standard InChI is InChI=1S/C17H22F2N2O5/c1-3-11(4-2)21-14(22)10-25-15(23)9-20-16(24)12-7-5-6-8-13(12)26-17(18)19/h5-8,11,17H,3-4,9-10H2,1-2H3,(H,20,24)(H,21,22). The van der Waals surface area contributed by atoms with Crippen molar-refractivity contribution < 1.29 is 32.6 Å². The van der Waals surface area contributed by atoms with Crippen molar-refractivity contribution in [1.29, 1.82) is 0 Å². The summed E-state index contributed by atoms with van der Waals surface area (Å²) in [7, 11) is 0. The zero-order chi connectivity index (χ0) is 19.5. The van der Waals surface area contributed by atoms with Crippen molar-refractivity contribution in [3.05, 3.63) is 29.8 Å². The molecule has 2 amide bonds. The van der Waals surface area contributed by atoms with Gasteiger partial charge in [-0.3, -0.25) is 14.4 Å². The van der Waals surface area contributed by atoms with Gasteiger partial charge in [-0.15, -0.1) is 0 Å².